The van der Waals surface area contributed by atoms with Crippen LogP contribution in [0.15, 0.2) is 18.2 Å². The van der Waals surface area contributed by atoms with E-state index in [4.69, 9.17) is 5.11 Å². The number of hydrogen-bond acceptors (Lipinski definition) is 2. The zero-order valence-corrected chi connectivity index (χ0v) is 11.6. The van der Waals surface area contributed by atoms with Crippen LogP contribution in [0.25, 0.3) is 0 Å². The Balaban J connectivity index is 1.70. The molecule has 2 bridgehead atoms. The molecule has 3 rings (SSSR count). The van der Waals surface area contributed by atoms with Crippen LogP contribution < -0.4 is 5.32 Å². The number of carboxylic acids is 1. The summed E-state index contributed by atoms with van der Waals surface area (Å²) < 4.78 is 0. The number of benzene rings is 1. The fourth-order valence-corrected chi connectivity index (χ4v) is 3.78. The first kappa shape index (κ1) is 13.2. The van der Waals surface area contributed by atoms with Gasteiger partial charge in [0.15, 0.2) is 0 Å². The predicted octanol–water partition coefficient (Wildman–Crippen LogP) is 3.07. The third-order valence-corrected chi connectivity index (χ3v) is 4.80. The van der Waals surface area contributed by atoms with Gasteiger partial charge in [0.25, 0.3) is 0 Å². The lowest BCUT2D eigenvalue weighted by Crippen LogP contribution is -2.27. The maximum Gasteiger partial charge on any atom is 0.335 e. The summed E-state index contributed by atoms with van der Waals surface area (Å²) in [6.07, 6.45) is 4.68. The lowest BCUT2D eigenvalue weighted by atomic mass is 9.88. The molecule has 0 spiro atoms. The van der Waals surface area contributed by atoms with Crippen LogP contribution in [0.1, 0.15) is 41.6 Å². The van der Waals surface area contributed by atoms with Gasteiger partial charge in [-0.2, -0.15) is 0 Å². The Bertz CT molecular complexity index is 567. The molecule has 2 aliphatic carbocycles. The molecule has 1 amide bonds. The summed E-state index contributed by atoms with van der Waals surface area (Å²) in [4.78, 5) is 23.3. The van der Waals surface area contributed by atoms with Crippen LogP contribution in [-0.4, -0.2) is 17.0 Å². The third-order valence-electron chi connectivity index (χ3n) is 4.80. The average molecular weight is 273 g/mol. The second kappa shape index (κ2) is 4.93. The molecule has 0 heterocycles. The molecule has 2 saturated carbocycles. The average Bonchev–Trinajstić information content (AvgIpc) is 3.00. The van der Waals surface area contributed by atoms with Gasteiger partial charge in [-0.15, -0.1) is 0 Å². The van der Waals surface area contributed by atoms with E-state index in [0.717, 1.165) is 12.3 Å². The summed E-state index contributed by atoms with van der Waals surface area (Å²) in [5, 5.41) is 11.9. The van der Waals surface area contributed by atoms with Gasteiger partial charge in [-0.05, 0) is 61.8 Å². The van der Waals surface area contributed by atoms with E-state index in [9.17, 15) is 9.59 Å². The van der Waals surface area contributed by atoms with Crippen LogP contribution in [0.2, 0.25) is 0 Å². The normalized spacial score (nSPS) is 27.6. The van der Waals surface area contributed by atoms with Crippen molar-refractivity contribution < 1.29 is 14.7 Å². The molecule has 2 N–H and O–H groups in total. The standard InChI is InChI=1S/C16H19NO3/c1-9-6-12(4-5-13(9)16(19)20)17-15(18)14-8-10-2-3-11(14)7-10/h4-6,10-11,14H,2-3,7-8H2,1H3,(H,17,18)(H,19,20). The Kier molecular flexibility index (Phi) is 3.24. The molecule has 2 fully saturated rings. The van der Waals surface area contributed by atoms with Crippen molar-refractivity contribution in [2.45, 2.75) is 32.6 Å². The van der Waals surface area contributed by atoms with E-state index in [1.807, 2.05) is 0 Å². The lowest BCUT2D eigenvalue weighted by molar-refractivity contribution is -0.121. The Morgan fingerprint density at radius 3 is 2.60 bits per heavy atom. The van der Waals surface area contributed by atoms with Crippen molar-refractivity contribution in [3.05, 3.63) is 29.3 Å². The molecule has 4 heteroatoms. The largest absolute Gasteiger partial charge is 0.478 e. The second-order valence-electron chi connectivity index (χ2n) is 6.11. The highest BCUT2D eigenvalue weighted by atomic mass is 16.4. The quantitative estimate of drug-likeness (QED) is 0.889. The van der Waals surface area contributed by atoms with E-state index in [1.54, 1.807) is 25.1 Å². The maximum absolute atomic E-state index is 12.3. The molecular formula is C16H19NO3. The summed E-state index contributed by atoms with van der Waals surface area (Å²) in [6.45, 7) is 1.75. The molecule has 1 aromatic rings. The van der Waals surface area contributed by atoms with E-state index in [2.05, 4.69) is 5.32 Å². The SMILES string of the molecule is Cc1cc(NC(=O)C2CC3CCC2C3)ccc1C(=O)O. The molecule has 0 aliphatic heterocycles. The topological polar surface area (TPSA) is 66.4 Å². The molecule has 0 saturated heterocycles. The number of carbonyl (C=O) groups is 2. The van der Waals surface area contributed by atoms with Gasteiger partial charge in [-0.3, -0.25) is 4.79 Å². The van der Waals surface area contributed by atoms with Crippen molar-refractivity contribution in [2.24, 2.45) is 17.8 Å². The van der Waals surface area contributed by atoms with Crippen molar-refractivity contribution in [3.8, 4) is 0 Å². The number of carbonyl (C=O) groups excluding carboxylic acids is 1. The summed E-state index contributed by atoms with van der Waals surface area (Å²) in [6, 6.07) is 4.95. The highest BCUT2D eigenvalue weighted by Crippen LogP contribution is 2.48. The van der Waals surface area contributed by atoms with Crippen molar-refractivity contribution >= 4 is 17.6 Å². The van der Waals surface area contributed by atoms with Gasteiger partial charge in [-0.1, -0.05) is 6.42 Å². The number of rotatable bonds is 3. The van der Waals surface area contributed by atoms with Crippen LogP contribution in [0, 0.1) is 24.7 Å². The number of fused-ring (bicyclic) bond motifs is 2. The van der Waals surface area contributed by atoms with Crippen molar-refractivity contribution in [1.82, 2.24) is 0 Å². The summed E-state index contributed by atoms with van der Waals surface area (Å²) in [5.74, 6) is 0.604. The first-order valence-electron chi connectivity index (χ1n) is 7.19. The molecule has 4 nitrogen and oxygen atoms in total. The van der Waals surface area contributed by atoms with Crippen LogP contribution in [0.3, 0.4) is 0 Å². The molecule has 20 heavy (non-hydrogen) atoms. The fourth-order valence-electron chi connectivity index (χ4n) is 3.78. The molecular weight excluding hydrogens is 254 g/mol. The first-order valence-corrected chi connectivity index (χ1v) is 7.19. The van der Waals surface area contributed by atoms with Crippen molar-refractivity contribution in [3.63, 3.8) is 0 Å². The fraction of sp³-hybridized carbons (Fsp3) is 0.500. The minimum absolute atomic E-state index is 0.0969. The van der Waals surface area contributed by atoms with Gasteiger partial charge in [0, 0.05) is 11.6 Å². The predicted molar refractivity (Wildman–Crippen MR) is 75.7 cm³/mol. The molecule has 0 radical (unpaired) electrons. The molecule has 106 valence electrons. The monoisotopic (exact) mass is 273 g/mol. The van der Waals surface area contributed by atoms with Gasteiger partial charge in [0.2, 0.25) is 5.91 Å². The van der Waals surface area contributed by atoms with E-state index in [0.29, 0.717) is 17.2 Å². The zero-order valence-electron chi connectivity index (χ0n) is 11.6. The summed E-state index contributed by atoms with van der Waals surface area (Å²) in [7, 11) is 0. The second-order valence-corrected chi connectivity index (χ2v) is 6.11. The molecule has 3 unspecified atom stereocenters. The Hall–Kier alpha value is -1.84. The number of hydrogen-bond donors (Lipinski definition) is 2. The number of aromatic carboxylic acids is 1. The number of anilines is 1. The Labute approximate surface area is 118 Å². The van der Waals surface area contributed by atoms with Crippen LogP contribution in [0.4, 0.5) is 5.69 Å². The van der Waals surface area contributed by atoms with E-state index < -0.39 is 5.97 Å². The number of aryl methyl sites for hydroxylation is 1. The van der Waals surface area contributed by atoms with Crippen molar-refractivity contribution in [2.75, 3.05) is 5.32 Å². The summed E-state index contributed by atoms with van der Waals surface area (Å²) in [5.41, 5.74) is 1.64. The van der Waals surface area contributed by atoms with Gasteiger partial charge in [0.05, 0.1) is 5.56 Å². The van der Waals surface area contributed by atoms with Gasteiger partial charge < -0.3 is 10.4 Å². The molecule has 3 atom stereocenters. The summed E-state index contributed by atoms with van der Waals surface area (Å²) >= 11 is 0. The van der Waals surface area contributed by atoms with E-state index >= 15 is 0 Å². The minimum atomic E-state index is -0.937. The first-order chi connectivity index (χ1) is 9.54. The minimum Gasteiger partial charge on any atom is -0.478 e. The highest BCUT2D eigenvalue weighted by Gasteiger charge is 2.42. The molecule has 2 aliphatic rings. The van der Waals surface area contributed by atoms with Crippen LogP contribution in [0.5, 0.6) is 0 Å². The molecule has 1 aromatic carbocycles. The van der Waals surface area contributed by atoms with E-state index in [1.165, 1.54) is 19.3 Å². The Morgan fingerprint density at radius 1 is 1.25 bits per heavy atom. The van der Waals surface area contributed by atoms with Crippen LogP contribution in [-0.2, 0) is 4.79 Å². The van der Waals surface area contributed by atoms with Gasteiger partial charge in [-0.25, -0.2) is 4.79 Å². The number of nitrogens with one attached hydrogen (secondary N) is 1. The van der Waals surface area contributed by atoms with Crippen LogP contribution >= 0.6 is 0 Å². The zero-order chi connectivity index (χ0) is 14.3. The van der Waals surface area contributed by atoms with Gasteiger partial charge in [0.1, 0.15) is 0 Å². The third kappa shape index (κ3) is 2.30. The highest BCUT2D eigenvalue weighted by molar-refractivity contribution is 5.94. The lowest BCUT2D eigenvalue weighted by Gasteiger charge is -2.21. The Morgan fingerprint density at radius 2 is 2.05 bits per heavy atom. The van der Waals surface area contributed by atoms with Crippen molar-refractivity contribution in [1.29, 1.82) is 0 Å². The molecule has 0 aromatic heterocycles. The number of carboxylic acid groups (broad SMARTS) is 1. The number of amides is 1. The van der Waals surface area contributed by atoms with Gasteiger partial charge >= 0.3 is 5.97 Å². The smallest absolute Gasteiger partial charge is 0.335 e. The van der Waals surface area contributed by atoms with E-state index in [-0.39, 0.29) is 17.4 Å². The maximum atomic E-state index is 12.3.